The van der Waals surface area contributed by atoms with Crippen LogP contribution in [-0.4, -0.2) is 12.8 Å². The second-order valence-corrected chi connectivity index (χ2v) is 6.13. The van der Waals surface area contributed by atoms with Crippen LogP contribution in [-0.2, 0) is 11.2 Å². The van der Waals surface area contributed by atoms with E-state index in [4.69, 9.17) is 9.47 Å². The van der Waals surface area contributed by atoms with Crippen LogP contribution in [0.2, 0.25) is 0 Å². The summed E-state index contributed by atoms with van der Waals surface area (Å²) in [5.74, 6) is 0.576. The number of benzene rings is 2. The highest BCUT2D eigenvalue weighted by molar-refractivity contribution is 5.65. The quantitative estimate of drug-likeness (QED) is 0.381. The first kappa shape index (κ1) is 18.1. The Morgan fingerprint density at radius 2 is 1.62 bits per heavy atom. The lowest BCUT2D eigenvalue weighted by molar-refractivity contribution is 0.0971. The Balaban J connectivity index is 1.64. The molecule has 128 valence electrons. The molecule has 2 aromatic rings. The van der Waals surface area contributed by atoms with E-state index in [1.807, 2.05) is 39.0 Å². The second kappa shape index (κ2) is 9.11. The lowest BCUT2D eigenvalue weighted by Crippen LogP contribution is -2.12. The first-order valence-electron chi connectivity index (χ1n) is 8.53. The van der Waals surface area contributed by atoms with Gasteiger partial charge >= 0.3 is 6.16 Å². The topological polar surface area (TPSA) is 35.5 Å². The van der Waals surface area contributed by atoms with Gasteiger partial charge in [-0.25, -0.2) is 4.79 Å². The third kappa shape index (κ3) is 5.41. The Morgan fingerprint density at radius 3 is 2.38 bits per heavy atom. The molecule has 0 aliphatic heterocycles. The van der Waals surface area contributed by atoms with Crippen molar-refractivity contribution in [2.24, 2.45) is 0 Å². The molecule has 0 unspecified atom stereocenters. The fraction of sp³-hybridized carbons (Fsp3) is 0.381. The summed E-state index contributed by atoms with van der Waals surface area (Å²) in [7, 11) is 0. The highest BCUT2D eigenvalue weighted by atomic mass is 16.7. The zero-order valence-electron chi connectivity index (χ0n) is 14.8. The number of ether oxygens (including phenoxy) is 2. The van der Waals surface area contributed by atoms with Gasteiger partial charge in [0.2, 0.25) is 0 Å². The molecule has 0 amide bonds. The van der Waals surface area contributed by atoms with Crippen LogP contribution < -0.4 is 4.74 Å². The van der Waals surface area contributed by atoms with Crippen molar-refractivity contribution in [3.05, 3.63) is 64.7 Å². The molecule has 0 heterocycles. The summed E-state index contributed by atoms with van der Waals surface area (Å²) < 4.78 is 10.5. The van der Waals surface area contributed by atoms with E-state index in [1.165, 1.54) is 11.1 Å². The highest BCUT2D eigenvalue weighted by Gasteiger charge is 2.10. The van der Waals surface area contributed by atoms with Gasteiger partial charge in [0.15, 0.2) is 0 Å². The number of unbranched alkanes of at least 4 members (excludes halogenated alkanes) is 2. The molecule has 0 aliphatic rings. The first-order chi connectivity index (χ1) is 11.6. The van der Waals surface area contributed by atoms with Crippen molar-refractivity contribution >= 4 is 6.16 Å². The lowest BCUT2D eigenvalue weighted by atomic mass is 10.0. The second-order valence-electron chi connectivity index (χ2n) is 6.13. The summed E-state index contributed by atoms with van der Waals surface area (Å²) in [6, 6.07) is 14.2. The number of hydrogen-bond acceptors (Lipinski definition) is 3. The Bertz CT molecular complexity index is 662. The molecular formula is C21H26O3. The van der Waals surface area contributed by atoms with E-state index in [0.29, 0.717) is 12.4 Å². The molecule has 2 rings (SSSR count). The van der Waals surface area contributed by atoms with Gasteiger partial charge in [-0.2, -0.15) is 0 Å². The maximum absolute atomic E-state index is 11.8. The van der Waals surface area contributed by atoms with Crippen LogP contribution in [0.15, 0.2) is 42.5 Å². The Kier molecular flexibility index (Phi) is 6.86. The van der Waals surface area contributed by atoms with Crippen LogP contribution in [0.3, 0.4) is 0 Å². The average molecular weight is 326 g/mol. The molecule has 0 saturated carbocycles. The van der Waals surface area contributed by atoms with Crippen LogP contribution in [0.1, 0.15) is 41.5 Å². The predicted octanol–water partition coefficient (Wildman–Crippen LogP) is 5.54. The molecule has 0 atom stereocenters. The van der Waals surface area contributed by atoms with Gasteiger partial charge in [0.1, 0.15) is 5.75 Å². The average Bonchev–Trinajstić information content (AvgIpc) is 2.59. The predicted molar refractivity (Wildman–Crippen MR) is 96.6 cm³/mol. The summed E-state index contributed by atoms with van der Waals surface area (Å²) in [6.45, 7) is 6.42. The van der Waals surface area contributed by atoms with Gasteiger partial charge in [-0.05, 0) is 74.8 Å². The smallest absolute Gasteiger partial charge is 0.434 e. The third-order valence-corrected chi connectivity index (χ3v) is 4.37. The van der Waals surface area contributed by atoms with E-state index >= 15 is 0 Å². The molecular weight excluding hydrogens is 300 g/mol. The molecule has 0 aliphatic carbocycles. The summed E-state index contributed by atoms with van der Waals surface area (Å²) in [4.78, 5) is 11.8. The van der Waals surface area contributed by atoms with Crippen molar-refractivity contribution in [3.63, 3.8) is 0 Å². The zero-order valence-corrected chi connectivity index (χ0v) is 14.8. The Labute approximate surface area is 144 Å². The van der Waals surface area contributed by atoms with Gasteiger partial charge in [0.05, 0.1) is 6.61 Å². The molecule has 24 heavy (non-hydrogen) atoms. The van der Waals surface area contributed by atoms with Crippen molar-refractivity contribution in [1.29, 1.82) is 0 Å². The number of rotatable bonds is 7. The zero-order chi connectivity index (χ0) is 17.4. The van der Waals surface area contributed by atoms with Crippen LogP contribution in [0.25, 0.3) is 0 Å². The number of aryl methyl sites for hydroxylation is 2. The molecule has 0 bridgehead atoms. The fourth-order valence-corrected chi connectivity index (χ4v) is 2.57. The maximum Gasteiger partial charge on any atom is 0.513 e. The monoisotopic (exact) mass is 326 g/mol. The van der Waals surface area contributed by atoms with E-state index in [-0.39, 0.29) is 0 Å². The first-order valence-corrected chi connectivity index (χ1v) is 8.53. The summed E-state index contributed by atoms with van der Waals surface area (Å²) in [6.07, 6.45) is 3.43. The normalized spacial score (nSPS) is 10.5. The summed E-state index contributed by atoms with van der Waals surface area (Å²) in [5.41, 5.74) is 4.66. The minimum Gasteiger partial charge on any atom is -0.434 e. The van der Waals surface area contributed by atoms with E-state index in [0.717, 1.165) is 36.8 Å². The van der Waals surface area contributed by atoms with E-state index in [1.54, 1.807) is 0 Å². The van der Waals surface area contributed by atoms with Crippen LogP contribution in [0.4, 0.5) is 4.79 Å². The minimum atomic E-state index is -0.621. The van der Waals surface area contributed by atoms with Gasteiger partial charge in [-0.1, -0.05) is 36.4 Å². The van der Waals surface area contributed by atoms with Gasteiger partial charge in [0, 0.05) is 0 Å². The molecule has 3 heteroatoms. The van der Waals surface area contributed by atoms with Gasteiger partial charge in [0.25, 0.3) is 0 Å². The highest BCUT2D eigenvalue weighted by Crippen LogP contribution is 2.24. The van der Waals surface area contributed by atoms with Crippen molar-refractivity contribution in [2.75, 3.05) is 6.61 Å². The minimum absolute atomic E-state index is 0.400. The van der Waals surface area contributed by atoms with E-state index in [2.05, 4.69) is 24.3 Å². The summed E-state index contributed by atoms with van der Waals surface area (Å²) >= 11 is 0. The molecule has 3 nitrogen and oxygen atoms in total. The molecule has 2 aromatic carbocycles. The fourth-order valence-electron chi connectivity index (χ4n) is 2.57. The van der Waals surface area contributed by atoms with Crippen molar-refractivity contribution in [3.8, 4) is 5.75 Å². The van der Waals surface area contributed by atoms with Crippen LogP contribution in [0.5, 0.6) is 5.75 Å². The van der Waals surface area contributed by atoms with Gasteiger partial charge in [-0.15, -0.1) is 0 Å². The Morgan fingerprint density at radius 1 is 0.875 bits per heavy atom. The third-order valence-electron chi connectivity index (χ3n) is 4.37. The number of carbonyl (C=O) groups is 1. The molecule has 0 aromatic heterocycles. The molecule has 0 fully saturated rings. The lowest BCUT2D eigenvalue weighted by Gasteiger charge is -2.11. The number of hydrogen-bond donors (Lipinski definition) is 0. The standard InChI is InChI=1S/C21H26O3/c1-16-13-14-20(18(3)17(16)2)24-21(22)23-15-9-5-8-12-19-10-6-4-7-11-19/h4,6-7,10-11,13-14H,5,8-9,12,15H2,1-3H3. The SMILES string of the molecule is Cc1ccc(OC(=O)OCCCCCc2ccccc2)c(C)c1C. The van der Waals surface area contributed by atoms with E-state index < -0.39 is 6.16 Å². The largest absolute Gasteiger partial charge is 0.513 e. The van der Waals surface area contributed by atoms with Crippen LogP contribution >= 0.6 is 0 Å². The molecule has 0 radical (unpaired) electrons. The van der Waals surface area contributed by atoms with E-state index in [9.17, 15) is 4.79 Å². The van der Waals surface area contributed by atoms with Crippen molar-refractivity contribution < 1.29 is 14.3 Å². The maximum atomic E-state index is 11.8. The molecule has 0 spiro atoms. The van der Waals surface area contributed by atoms with Crippen molar-refractivity contribution in [1.82, 2.24) is 0 Å². The van der Waals surface area contributed by atoms with Crippen molar-refractivity contribution in [2.45, 2.75) is 46.5 Å². The Hall–Kier alpha value is -2.29. The summed E-state index contributed by atoms with van der Waals surface area (Å²) in [5, 5.41) is 0. The van der Waals surface area contributed by atoms with Gasteiger partial charge in [-0.3, -0.25) is 0 Å². The van der Waals surface area contributed by atoms with Gasteiger partial charge < -0.3 is 9.47 Å². The number of carbonyl (C=O) groups excluding carboxylic acids is 1. The molecule has 0 N–H and O–H groups in total. The molecule has 0 saturated heterocycles. The van der Waals surface area contributed by atoms with Crippen LogP contribution in [0, 0.1) is 20.8 Å².